The Kier molecular flexibility index (Phi) is 3.99. The minimum Gasteiger partial charge on any atom is -0.448 e. The van der Waals surface area contributed by atoms with Gasteiger partial charge in [0.05, 0.1) is 0 Å². The zero-order valence-electron chi connectivity index (χ0n) is 11.7. The molecule has 0 saturated heterocycles. The Morgan fingerprint density at radius 3 is 2.70 bits per heavy atom. The molecular weight excluding hydrogens is 326 g/mol. The van der Waals surface area contributed by atoms with Gasteiger partial charge in [0.15, 0.2) is 11.9 Å². The lowest BCUT2D eigenvalue weighted by atomic mass is 9.96. The molecule has 2 rings (SSSR count). The second-order valence-corrected chi connectivity index (χ2v) is 6.40. The summed E-state index contributed by atoms with van der Waals surface area (Å²) in [6, 6.07) is 1.64. The summed E-state index contributed by atoms with van der Waals surface area (Å²) >= 11 is 3.26. The number of aromatic amines is 1. The summed E-state index contributed by atoms with van der Waals surface area (Å²) in [5, 5.41) is 3.90. The molecule has 0 spiro atoms. The van der Waals surface area contributed by atoms with Crippen molar-refractivity contribution in [2.45, 2.75) is 39.2 Å². The lowest BCUT2D eigenvalue weighted by Gasteiger charge is -2.11. The summed E-state index contributed by atoms with van der Waals surface area (Å²) in [5.41, 5.74) is 0.148. The number of hydrogen-bond donors (Lipinski definition) is 1. The quantitative estimate of drug-likeness (QED) is 0.865. The van der Waals surface area contributed by atoms with Gasteiger partial charge in [0.2, 0.25) is 0 Å². The fraction of sp³-hybridized carbons (Fsp3) is 0.462. The van der Waals surface area contributed by atoms with Crippen molar-refractivity contribution in [2.24, 2.45) is 0 Å². The zero-order valence-corrected chi connectivity index (χ0v) is 13.3. The van der Waals surface area contributed by atoms with Crippen molar-refractivity contribution in [3.05, 3.63) is 34.1 Å². The van der Waals surface area contributed by atoms with Gasteiger partial charge >= 0.3 is 5.97 Å². The number of esters is 1. The Balaban J connectivity index is 2.07. The van der Waals surface area contributed by atoms with E-state index in [-0.39, 0.29) is 11.3 Å². The van der Waals surface area contributed by atoms with Crippen molar-refractivity contribution in [1.82, 2.24) is 15.1 Å². The van der Waals surface area contributed by atoms with E-state index in [4.69, 9.17) is 9.26 Å². The first-order valence-electron chi connectivity index (χ1n) is 6.16. The molecule has 0 aliphatic carbocycles. The molecule has 0 saturated carbocycles. The van der Waals surface area contributed by atoms with E-state index >= 15 is 0 Å². The second kappa shape index (κ2) is 5.40. The highest BCUT2D eigenvalue weighted by Gasteiger charge is 2.25. The van der Waals surface area contributed by atoms with Crippen LogP contribution in [0.2, 0.25) is 0 Å². The predicted molar refractivity (Wildman–Crippen MR) is 75.3 cm³/mol. The summed E-state index contributed by atoms with van der Waals surface area (Å²) in [6.45, 7) is 7.63. The fourth-order valence-electron chi connectivity index (χ4n) is 1.47. The number of aromatic nitrogens is 3. The summed E-state index contributed by atoms with van der Waals surface area (Å²) in [6.07, 6.45) is 1.05. The highest BCUT2D eigenvalue weighted by atomic mass is 79.9. The van der Waals surface area contributed by atoms with Crippen LogP contribution < -0.4 is 0 Å². The van der Waals surface area contributed by atoms with Crippen LogP contribution in [0.25, 0.3) is 0 Å². The minimum absolute atomic E-state index is 0.213. The number of nitrogens with one attached hydrogen (secondary N) is 1. The number of hydrogen-bond acceptors (Lipinski definition) is 5. The van der Waals surface area contributed by atoms with Crippen LogP contribution in [0.3, 0.4) is 0 Å². The van der Waals surface area contributed by atoms with E-state index in [1.54, 1.807) is 19.2 Å². The maximum atomic E-state index is 11.9. The zero-order chi connectivity index (χ0) is 14.9. The maximum absolute atomic E-state index is 11.9. The van der Waals surface area contributed by atoms with Crippen molar-refractivity contribution in [2.75, 3.05) is 0 Å². The Bertz CT molecular complexity index is 612. The predicted octanol–water partition coefficient (Wildman–Crippen LogP) is 3.38. The van der Waals surface area contributed by atoms with E-state index in [0.717, 1.165) is 4.47 Å². The molecule has 0 aliphatic heterocycles. The van der Waals surface area contributed by atoms with Crippen molar-refractivity contribution in [3.63, 3.8) is 0 Å². The molecule has 0 amide bonds. The van der Waals surface area contributed by atoms with Crippen LogP contribution >= 0.6 is 15.9 Å². The average molecular weight is 342 g/mol. The first-order chi connectivity index (χ1) is 9.27. The molecule has 108 valence electrons. The van der Waals surface area contributed by atoms with E-state index in [1.165, 1.54) is 0 Å². The second-order valence-electron chi connectivity index (χ2n) is 5.49. The van der Waals surface area contributed by atoms with E-state index < -0.39 is 12.1 Å². The molecule has 0 bridgehead atoms. The third-order valence-corrected chi connectivity index (χ3v) is 3.07. The number of halogens is 1. The molecular formula is C13H16BrN3O3. The average Bonchev–Trinajstić information content (AvgIpc) is 2.95. The smallest absolute Gasteiger partial charge is 0.355 e. The van der Waals surface area contributed by atoms with Crippen LogP contribution in [0.4, 0.5) is 0 Å². The summed E-state index contributed by atoms with van der Waals surface area (Å²) < 4.78 is 11.2. The van der Waals surface area contributed by atoms with Gasteiger partial charge in [-0.1, -0.05) is 25.9 Å². The molecule has 2 aromatic heterocycles. The number of carbonyl (C=O) groups is 1. The summed E-state index contributed by atoms with van der Waals surface area (Å²) in [4.78, 5) is 18.9. The van der Waals surface area contributed by atoms with Crippen LogP contribution in [0.15, 0.2) is 21.3 Å². The molecule has 6 nitrogen and oxygen atoms in total. The van der Waals surface area contributed by atoms with E-state index in [0.29, 0.717) is 11.5 Å². The third-order valence-electron chi connectivity index (χ3n) is 2.61. The Morgan fingerprint density at radius 2 is 2.20 bits per heavy atom. The molecule has 0 aromatic carbocycles. The van der Waals surface area contributed by atoms with Gasteiger partial charge in [-0.2, -0.15) is 4.98 Å². The van der Waals surface area contributed by atoms with Gasteiger partial charge < -0.3 is 14.2 Å². The first kappa shape index (κ1) is 14.8. The van der Waals surface area contributed by atoms with Crippen LogP contribution in [0, 0.1) is 0 Å². The minimum atomic E-state index is -0.604. The molecule has 0 aliphatic rings. The molecule has 20 heavy (non-hydrogen) atoms. The van der Waals surface area contributed by atoms with E-state index in [1.807, 2.05) is 20.8 Å². The van der Waals surface area contributed by atoms with Crippen LogP contribution in [0.5, 0.6) is 0 Å². The van der Waals surface area contributed by atoms with Gasteiger partial charge in [-0.25, -0.2) is 4.79 Å². The molecule has 0 fully saturated rings. The molecule has 7 heteroatoms. The number of rotatable bonds is 3. The summed E-state index contributed by atoms with van der Waals surface area (Å²) in [7, 11) is 0. The highest BCUT2D eigenvalue weighted by molar-refractivity contribution is 9.10. The number of carbonyl (C=O) groups excluding carboxylic acids is 1. The largest absolute Gasteiger partial charge is 0.448 e. The number of nitrogens with zero attached hydrogens (tertiary/aromatic N) is 2. The van der Waals surface area contributed by atoms with Gasteiger partial charge in [0.1, 0.15) is 5.69 Å². The maximum Gasteiger partial charge on any atom is 0.355 e. The lowest BCUT2D eigenvalue weighted by Crippen LogP contribution is -2.14. The van der Waals surface area contributed by atoms with Gasteiger partial charge in [-0.15, -0.1) is 0 Å². The first-order valence-corrected chi connectivity index (χ1v) is 6.95. The SMILES string of the molecule is CC(OC(=O)c1cc(Br)c[nH]1)c1nc(C(C)(C)C)no1. The van der Waals surface area contributed by atoms with Crippen LogP contribution in [-0.4, -0.2) is 21.1 Å². The van der Waals surface area contributed by atoms with Gasteiger partial charge in [-0.05, 0) is 28.9 Å². The molecule has 1 atom stereocenters. The number of H-pyrrole nitrogens is 1. The van der Waals surface area contributed by atoms with Crippen molar-refractivity contribution in [3.8, 4) is 0 Å². The topological polar surface area (TPSA) is 81.0 Å². The Morgan fingerprint density at radius 1 is 1.50 bits per heavy atom. The third kappa shape index (κ3) is 3.27. The monoisotopic (exact) mass is 341 g/mol. The molecule has 1 unspecified atom stereocenters. The molecule has 2 heterocycles. The van der Waals surface area contributed by atoms with E-state index in [2.05, 4.69) is 31.1 Å². The van der Waals surface area contributed by atoms with Gasteiger partial charge in [0, 0.05) is 16.1 Å². The van der Waals surface area contributed by atoms with Crippen molar-refractivity contribution < 1.29 is 14.1 Å². The van der Waals surface area contributed by atoms with E-state index in [9.17, 15) is 4.79 Å². The lowest BCUT2D eigenvalue weighted by molar-refractivity contribution is 0.0259. The Labute approximate surface area is 125 Å². The van der Waals surface area contributed by atoms with Crippen molar-refractivity contribution in [1.29, 1.82) is 0 Å². The Hall–Kier alpha value is -1.63. The van der Waals surface area contributed by atoms with Gasteiger partial charge in [0.25, 0.3) is 5.89 Å². The number of ether oxygens (including phenoxy) is 1. The summed E-state index contributed by atoms with van der Waals surface area (Å²) in [5.74, 6) is 0.394. The van der Waals surface area contributed by atoms with Crippen LogP contribution in [0.1, 0.15) is 56.0 Å². The fourth-order valence-corrected chi connectivity index (χ4v) is 1.81. The molecule has 0 radical (unpaired) electrons. The normalized spacial score (nSPS) is 13.2. The molecule has 1 N–H and O–H groups in total. The van der Waals surface area contributed by atoms with Crippen LogP contribution in [-0.2, 0) is 10.2 Å². The standard InChI is InChI=1S/C13H16BrN3O3/c1-7(10-16-12(17-20-10)13(2,3)4)19-11(18)9-5-8(14)6-15-9/h5-7,15H,1-4H3. The van der Waals surface area contributed by atoms with Gasteiger partial charge in [-0.3, -0.25) is 0 Å². The molecule has 2 aromatic rings. The van der Waals surface area contributed by atoms with Crippen molar-refractivity contribution >= 4 is 21.9 Å². The highest BCUT2D eigenvalue weighted by Crippen LogP contribution is 2.23.